The van der Waals surface area contributed by atoms with E-state index in [-0.39, 0.29) is 11.0 Å². The molecule has 0 saturated heterocycles. The lowest BCUT2D eigenvalue weighted by Gasteiger charge is -2.46. The molecule has 180 valence electrons. The predicted molar refractivity (Wildman–Crippen MR) is 152 cm³/mol. The zero-order valence-corrected chi connectivity index (χ0v) is 21.7. The first-order valence-corrected chi connectivity index (χ1v) is 13.2. The molecule has 4 rings (SSSR count). The highest BCUT2D eigenvalue weighted by atomic mass is 15.2. The van der Waals surface area contributed by atoms with Crippen LogP contribution in [0.2, 0.25) is 0 Å². The van der Waals surface area contributed by atoms with E-state index in [9.17, 15) is 0 Å². The lowest BCUT2D eigenvalue weighted by molar-refractivity contribution is 0.402. The quantitative estimate of drug-likeness (QED) is 0.227. The molecule has 0 amide bonds. The smallest absolute Gasteiger partial charge is 0.0697 e. The maximum atomic E-state index is 2.55. The molecule has 0 aliphatic heterocycles. The van der Waals surface area contributed by atoms with E-state index in [1.165, 1.54) is 28.1 Å². The number of benzene rings is 4. The van der Waals surface area contributed by atoms with Gasteiger partial charge in [-0.1, -0.05) is 119 Å². The molecule has 0 aliphatic rings. The van der Waals surface area contributed by atoms with E-state index in [4.69, 9.17) is 0 Å². The SMILES string of the molecule is CCC(CC)(c1ccccc1)c1ccc(C(CC)(CC)N(c2ccccc2)c2ccccc2)cc1. The van der Waals surface area contributed by atoms with E-state index in [0.717, 1.165) is 25.7 Å². The fraction of sp³-hybridized carbons (Fsp3) is 0.294. The summed E-state index contributed by atoms with van der Waals surface area (Å²) in [6.45, 7) is 9.28. The normalized spacial score (nSPS) is 11.9. The Bertz CT molecular complexity index is 1120. The van der Waals surface area contributed by atoms with Crippen LogP contribution in [0.3, 0.4) is 0 Å². The summed E-state index contributed by atoms with van der Waals surface area (Å²) < 4.78 is 0. The number of para-hydroxylation sites is 2. The highest BCUT2D eigenvalue weighted by Crippen LogP contribution is 2.45. The Hall–Kier alpha value is -3.32. The average molecular weight is 462 g/mol. The number of rotatable bonds is 10. The first kappa shape index (κ1) is 24.8. The second-order valence-electron chi connectivity index (χ2n) is 9.48. The lowest BCUT2D eigenvalue weighted by Crippen LogP contribution is -2.42. The van der Waals surface area contributed by atoms with Crippen LogP contribution in [-0.4, -0.2) is 0 Å². The minimum atomic E-state index is -0.144. The Morgan fingerprint density at radius 1 is 0.429 bits per heavy atom. The van der Waals surface area contributed by atoms with Gasteiger partial charge >= 0.3 is 0 Å². The monoisotopic (exact) mass is 461 g/mol. The molecule has 1 heteroatoms. The molecule has 4 aromatic rings. The van der Waals surface area contributed by atoms with Gasteiger partial charge in [0, 0.05) is 16.8 Å². The molecule has 0 fully saturated rings. The molecule has 0 N–H and O–H groups in total. The second kappa shape index (κ2) is 11.0. The van der Waals surface area contributed by atoms with Gasteiger partial charge in [0.25, 0.3) is 0 Å². The number of nitrogens with zero attached hydrogens (tertiary/aromatic N) is 1. The van der Waals surface area contributed by atoms with Crippen molar-refractivity contribution in [3.8, 4) is 0 Å². The molecule has 0 unspecified atom stereocenters. The minimum Gasteiger partial charge on any atom is -0.331 e. The van der Waals surface area contributed by atoms with Gasteiger partial charge in [0.15, 0.2) is 0 Å². The first-order valence-electron chi connectivity index (χ1n) is 13.2. The van der Waals surface area contributed by atoms with Crippen LogP contribution in [0.4, 0.5) is 11.4 Å². The Balaban J connectivity index is 1.84. The van der Waals surface area contributed by atoms with Gasteiger partial charge in [0.05, 0.1) is 5.54 Å². The van der Waals surface area contributed by atoms with Crippen LogP contribution < -0.4 is 4.90 Å². The largest absolute Gasteiger partial charge is 0.331 e. The van der Waals surface area contributed by atoms with Crippen molar-refractivity contribution in [2.75, 3.05) is 4.90 Å². The van der Waals surface area contributed by atoms with Crippen molar-refractivity contribution in [3.05, 3.63) is 132 Å². The van der Waals surface area contributed by atoms with Crippen molar-refractivity contribution in [3.63, 3.8) is 0 Å². The highest BCUT2D eigenvalue weighted by Gasteiger charge is 2.37. The molecule has 0 aromatic heterocycles. The molecule has 4 aromatic carbocycles. The van der Waals surface area contributed by atoms with E-state index in [1.54, 1.807) is 0 Å². The number of hydrogen-bond acceptors (Lipinski definition) is 1. The van der Waals surface area contributed by atoms with Gasteiger partial charge in [-0.2, -0.15) is 0 Å². The zero-order valence-electron chi connectivity index (χ0n) is 21.7. The second-order valence-corrected chi connectivity index (χ2v) is 9.48. The molecule has 0 spiro atoms. The van der Waals surface area contributed by atoms with E-state index < -0.39 is 0 Å². The molecule has 35 heavy (non-hydrogen) atoms. The van der Waals surface area contributed by atoms with Crippen molar-refractivity contribution in [1.29, 1.82) is 0 Å². The number of hydrogen-bond donors (Lipinski definition) is 0. The van der Waals surface area contributed by atoms with Gasteiger partial charge in [0.1, 0.15) is 0 Å². The van der Waals surface area contributed by atoms with Crippen LogP contribution in [0.5, 0.6) is 0 Å². The summed E-state index contributed by atoms with van der Waals surface area (Å²) in [6, 6.07) is 42.3. The topological polar surface area (TPSA) is 3.24 Å². The van der Waals surface area contributed by atoms with Crippen LogP contribution in [0.15, 0.2) is 115 Å². The molecule has 0 atom stereocenters. The summed E-state index contributed by atoms with van der Waals surface area (Å²) in [5.74, 6) is 0. The summed E-state index contributed by atoms with van der Waals surface area (Å²) in [5, 5.41) is 0. The van der Waals surface area contributed by atoms with Crippen molar-refractivity contribution in [1.82, 2.24) is 0 Å². The Labute approximate surface area is 212 Å². The van der Waals surface area contributed by atoms with Gasteiger partial charge in [-0.15, -0.1) is 0 Å². The highest BCUT2D eigenvalue weighted by molar-refractivity contribution is 5.67. The molecular formula is C34H39N. The molecule has 0 bridgehead atoms. The van der Waals surface area contributed by atoms with E-state index in [1.807, 2.05) is 0 Å². The van der Waals surface area contributed by atoms with Gasteiger partial charge in [-0.25, -0.2) is 0 Å². The molecule has 1 nitrogen and oxygen atoms in total. The summed E-state index contributed by atoms with van der Waals surface area (Å²) in [7, 11) is 0. The summed E-state index contributed by atoms with van der Waals surface area (Å²) in [5.41, 5.74) is 6.54. The maximum absolute atomic E-state index is 2.55. The predicted octanol–water partition coefficient (Wildman–Crippen LogP) is 9.65. The van der Waals surface area contributed by atoms with Gasteiger partial charge in [-0.05, 0) is 66.6 Å². The summed E-state index contributed by atoms with van der Waals surface area (Å²) in [4.78, 5) is 2.55. The fourth-order valence-corrected chi connectivity index (χ4v) is 5.99. The van der Waals surface area contributed by atoms with Gasteiger partial charge < -0.3 is 4.90 Å². The van der Waals surface area contributed by atoms with Crippen molar-refractivity contribution in [2.45, 2.75) is 64.3 Å². The van der Waals surface area contributed by atoms with Crippen molar-refractivity contribution in [2.24, 2.45) is 0 Å². The van der Waals surface area contributed by atoms with E-state index in [0.29, 0.717) is 0 Å². The summed E-state index contributed by atoms with van der Waals surface area (Å²) in [6.07, 6.45) is 4.19. The first-order chi connectivity index (χ1) is 17.1. The van der Waals surface area contributed by atoms with E-state index >= 15 is 0 Å². The average Bonchev–Trinajstić information content (AvgIpc) is 2.95. The van der Waals surface area contributed by atoms with Crippen LogP contribution >= 0.6 is 0 Å². The fourth-order valence-electron chi connectivity index (χ4n) is 5.99. The Kier molecular flexibility index (Phi) is 7.76. The van der Waals surface area contributed by atoms with Crippen LogP contribution in [0.1, 0.15) is 70.1 Å². The third-order valence-electron chi connectivity index (χ3n) is 8.13. The lowest BCUT2D eigenvalue weighted by atomic mass is 9.70. The van der Waals surface area contributed by atoms with Crippen LogP contribution in [0, 0.1) is 0 Å². The van der Waals surface area contributed by atoms with Crippen molar-refractivity contribution >= 4 is 11.4 Å². The zero-order chi connectivity index (χ0) is 24.7. The third-order valence-corrected chi connectivity index (χ3v) is 8.13. The Morgan fingerprint density at radius 3 is 1.20 bits per heavy atom. The number of anilines is 2. The van der Waals surface area contributed by atoms with Crippen molar-refractivity contribution < 1.29 is 0 Å². The van der Waals surface area contributed by atoms with Crippen LogP contribution in [0.25, 0.3) is 0 Å². The maximum Gasteiger partial charge on any atom is 0.0697 e. The van der Waals surface area contributed by atoms with Gasteiger partial charge in [-0.3, -0.25) is 0 Å². The third kappa shape index (κ3) is 4.52. The summed E-state index contributed by atoms with van der Waals surface area (Å²) >= 11 is 0. The van der Waals surface area contributed by atoms with Crippen LogP contribution in [-0.2, 0) is 11.0 Å². The standard InChI is InChI=1S/C34H39N/c1-5-33(6-2,28-18-12-9-13-19-28)29-24-26-30(27-25-29)34(7-3,8-4)35(31-20-14-10-15-21-31)32-22-16-11-17-23-32/h9-27H,5-8H2,1-4H3. The van der Waals surface area contributed by atoms with Gasteiger partial charge in [0.2, 0.25) is 0 Å². The van der Waals surface area contributed by atoms with E-state index in [2.05, 4.69) is 148 Å². The molecule has 0 heterocycles. The Morgan fingerprint density at radius 2 is 0.800 bits per heavy atom. The molecule has 0 saturated carbocycles. The molecule has 0 radical (unpaired) electrons. The molecular weight excluding hydrogens is 422 g/mol. The minimum absolute atomic E-state index is 0.0411. The molecule has 0 aliphatic carbocycles.